The molecule has 1 atom stereocenters. The van der Waals surface area contributed by atoms with Crippen LogP contribution in [-0.4, -0.2) is 11.6 Å². The number of pyridine rings is 1. The monoisotopic (exact) mass is 241 g/mol. The Kier molecular flexibility index (Phi) is 2.76. The largest absolute Gasteiger partial charge is 0.493 e. The van der Waals surface area contributed by atoms with Gasteiger partial charge in [0.05, 0.1) is 30.2 Å². The molecule has 2 aromatic rings. The lowest BCUT2D eigenvalue weighted by Gasteiger charge is -2.27. The van der Waals surface area contributed by atoms with E-state index in [1.165, 1.54) is 5.56 Å². The molecule has 3 N–H and O–H groups in total. The van der Waals surface area contributed by atoms with Crippen molar-refractivity contribution in [2.75, 3.05) is 17.7 Å². The van der Waals surface area contributed by atoms with Gasteiger partial charge in [-0.3, -0.25) is 4.98 Å². The summed E-state index contributed by atoms with van der Waals surface area (Å²) in [7, 11) is 0. The van der Waals surface area contributed by atoms with Gasteiger partial charge in [-0.15, -0.1) is 0 Å². The number of para-hydroxylation sites is 1. The van der Waals surface area contributed by atoms with E-state index in [1.54, 1.807) is 12.4 Å². The smallest absolute Gasteiger partial charge is 0.124 e. The molecule has 3 rings (SSSR count). The van der Waals surface area contributed by atoms with E-state index in [9.17, 15) is 0 Å². The van der Waals surface area contributed by atoms with Gasteiger partial charge in [0, 0.05) is 18.2 Å². The molecule has 0 amide bonds. The minimum atomic E-state index is 0.249. The van der Waals surface area contributed by atoms with Crippen LogP contribution in [0.1, 0.15) is 18.0 Å². The number of ether oxygens (including phenoxy) is 1. The van der Waals surface area contributed by atoms with E-state index in [-0.39, 0.29) is 6.04 Å². The van der Waals surface area contributed by atoms with E-state index in [0.29, 0.717) is 5.69 Å². The molecule has 1 aliphatic heterocycles. The van der Waals surface area contributed by atoms with Crippen molar-refractivity contribution >= 4 is 11.4 Å². The number of rotatable bonds is 2. The number of nitrogen functional groups attached to an aromatic ring is 1. The Morgan fingerprint density at radius 1 is 1.28 bits per heavy atom. The maximum absolute atomic E-state index is 5.73. The van der Waals surface area contributed by atoms with E-state index < -0.39 is 0 Å². The van der Waals surface area contributed by atoms with Gasteiger partial charge in [-0.25, -0.2) is 0 Å². The van der Waals surface area contributed by atoms with Crippen LogP contribution in [0.2, 0.25) is 0 Å². The van der Waals surface area contributed by atoms with Crippen LogP contribution in [0.15, 0.2) is 42.7 Å². The van der Waals surface area contributed by atoms with Gasteiger partial charge in [-0.05, 0) is 12.1 Å². The first kappa shape index (κ1) is 10.9. The van der Waals surface area contributed by atoms with Crippen LogP contribution >= 0.6 is 0 Å². The second kappa shape index (κ2) is 4.56. The molecule has 92 valence electrons. The fourth-order valence-corrected chi connectivity index (χ4v) is 2.23. The van der Waals surface area contributed by atoms with Crippen molar-refractivity contribution in [1.82, 2.24) is 4.98 Å². The first-order valence-corrected chi connectivity index (χ1v) is 6.02. The van der Waals surface area contributed by atoms with Crippen molar-refractivity contribution in [2.24, 2.45) is 0 Å². The van der Waals surface area contributed by atoms with Crippen molar-refractivity contribution in [1.29, 1.82) is 0 Å². The van der Waals surface area contributed by atoms with Crippen LogP contribution in [0.5, 0.6) is 5.75 Å². The van der Waals surface area contributed by atoms with Crippen LogP contribution in [-0.2, 0) is 0 Å². The van der Waals surface area contributed by atoms with Gasteiger partial charge in [-0.2, -0.15) is 0 Å². The van der Waals surface area contributed by atoms with Crippen molar-refractivity contribution < 1.29 is 4.74 Å². The van der Waals surface area contributed by atoms with Gasteiger partial charge in [0.1, 0.15) is 5.75 Å². The molecule has 0 radical (unpaired) electrons. The summed E-state index contributed by atoms with van der Waals surface area (Å²) in [6, 6.07) is 10.2. The Balaban J connectivity index is 1.86. The molecule has 0 aliphatic carbocycles. The number of aromatic nitrogens is 1. The maximum Gasteiger partial charge on any atom is 0.124 e. The van der Waals surface area contributed by atoms with Gasteiger partial charge < -0.3 is 15.8 Å². The van der Waals surface area contributed by atoms with Crippen LogP contribution in [0.3, 0.4) is 0 Å². The number of nitrogens with one attached hydrogen (secondary N) is 1. The highest BCUT2D eigenvalue weighted by Gasteiger charge is 2.20. The summed E-state index contributed by atoms with van der Waals surface area (Å²) in [6.07, 6.45) is 4.36. The van der Waals surface area contributed by atoms with Gasteiger partial charge in [-0.1, -0.05) is 18.2 Å². The van der Waals surface area contributed by atoms with E-state index >= 15 is 0 Å². The fraction of sp³-hybridized carbons (Fsp3) is 0.214. The Labute approximate surface area is 106 Å². The molecule has 18 heavy (non-hydrogen) atoms. The molecular weight excluding hydrogens is 226 g/mol. The number of fused-ring (bicyclic) bond motifs is 1. The lowest BCUT2D eigenvalue weighted by atomic mass is 10.0. The molecule has 0 saturated heterocycles. The second-order valence-corrected chi connectivity index (χ2v) is 4.38. The number of hydrogen-bond acceptors (Lipinski definition) is 4. The van der Waals surface area contributed by atoms with Crippen molar-refractivity contribution in [3.8, 4) is 5.75 Å². The molecule has 4 heteroatoms. The van der Waals surface area contributed by atoms with E-state index in [0.717, 1.165) is 24.5 Å². The predicted molar refractivity (Wildman–Crippen MR) is 71.6 cm³/mol. The molecule has 1 aliphatic rings. The normalized spacial score (nSPS) is 17.7. The molecule has 1 unspecified atom stereocenters. The Morgan fingerprint density at radius 2 is 2.17 bits per heavy atom. The van der Waals surface area contributed by atoms with Crippen molar-refractivity contribution in [3.05, 3.63) is 48.3 Å². The lowest BCUT2D eigenvalue weighted by molar-refractivity contribution is 0.274. The Bertz CT molecular complexity index is 556. The summed E-state index contributed by atoms with van der Waals surface area (Å²) >= 11 is 0. The van der Waals surface area contributed by atoms with Crippen molar-refractivity contribution in [2.45, 2.75) is 12.5 Å². The number of hydrogen-bond donors (Lipinski definition) is 2. The maximum atomic E-state index is 5.73. The summed E-state index contributed by atoms with van der Waals surface area (Å²) in [5.41, 5.74) is 8.53. The highest BCUT2D eigenvalue weighted by molar-refractivity contribution is 5.53. The van der Waals surface area contributed by atoms with Crippen molar-refractivity contribution in [3.63, 3.8) is 0 Å². The number of anilines is 2. The zero-order valence-corrected chi connectivity index (χ0v) is 9.97. The topological polar surface area (TPSA) is 60.2 Å². The predicted octanol–water partition coefficient (Wildman–Crippen LogP) is 2.60. The molecule has 4 nitrogen and oxygen atoms in total. The van der Waals surface area contributed by atoms with E-state index in [4.69, 9.17) is 10.5 Å². The SMILES string of the molecule is Nc1cncc(NC2CCOc3ccccc32)c1. The molecule has 0 spiro atoms. The first-order valence-electron chi connectivity index (χ1n) is 6.02. The summed E-state index contributed by atoms with van der Waals surface area (Å²) in [6.45, 7) is 0.727. The molecule has 0 bridgehead atoms. The fourth-order valence-electron chi connectivity index (χ4n) is 2.23. The zero-order valence-electron chi connectivity index (χ0n) is 9.97. The summed E-state index contributed by atoms with van der Waals surface area (Å²) in [4.78, 5) is 4.09. The molecule has 1 aromatic heterocycles. The highest BCUT2D eigenvalue weighted by Crippen LogP contribution is 2.33. The van der Waals surface area contributed by atoms with Crippen LogP contribution in [0.4, 0.5) is 11.4 Å². The standard InChI is InChI=1S/C14H15N3O/c15-10-7-11(9-16-8-10)17-13-5-6-18-14-4-2-1-3-12(13)14/h1-4,7-9,13,17H,5-6,15H2. The van der Waals surface area contributed by atoms with Gasteiger partial charge in [0.2, 0.25) is 0 Å². The summed E-state index contributed by atoms with van der Waals surface area (Å²) in [5, 5.41) is 3.46. The average molecular weight is 241 g/mol. The Hall–Kier alpha value is -2.23. The number of nitrogens with zero attached hydrogens (tertiary/aromatic N) is 1. The van der Waals surface area contributed by atoms with Gasteiger partial charge in [0.25, 0.3) is 0 Å². The molecule has 1 aromatic carbocycles. The van der Waals surface area contributed by atoms with Gasteiger partial charge >= 0.3 is 0 Å². The van der Waals surface area contributed by atoms with Crippen LogP contribution in [0, 0.1) is 0 Å². The number of benzene rings is 1. The summed E-state index contributed by atoms with van der Waals surface area (Å²) < 4.78 is 5.63. The lowest BCUT2D eigenvalue weighted by Crippen LogP contribution is -2.20. The van der Waals surface area contributed by atoms with Gasteiger partial charge in [0.15, 0.2) is 0 Å². The molecule has 2 heterocycles. The molecule has 0 fully saturated rings. The van der Waals surface area contributed by atoms with Crippen LogP contribution < -0.4 is 15.8 Å². The molecular formula is C14H15N3O. The first-order chi connectivity index (χ1) is 8.83. The molecule has 0 saturated carbocycles. The third kappa shape index (κ3) is 2.09. The summed E-state index contributed by atoms with van der Waals surface area (Å²) in [5.74, 6) is 0.957. The van der Waals surface area contributed by atoms with Crippen LogP contribution in [0.25, 0.3) is 0 Å². The zero-order chi connectivity index (χ0) is 12.4. The Morgan fingerprint density at radius 3 is 3.06 bits per heavy atom. The van der Waals surface area contributed by atoms with E-state index in [2.05, 4.69) is 16.4 Å². The minimum absolute atomic E-state index is 0.249. The quantitative estimate of drug-likeness (QED) is 0.848. The average Bonchev–Trinajstić information content (AvgIpc) is 2.39. The van der Waals surface area contributed by atoms with E-state index in [1.807, 2.05) is 24.3 Å². The third-order valence-corrected chi connectivity index (χ3v) is 3.06. The second-order valence-electron chi connectivity index (χ2n) is 4.38. The third-order valence-electron chi connectivity index (χ3n) is 3.06. The minimum Gasteiger partial charge on any atom is -0.493 e. The number of nitrogens with two attached hydrogens (primary N) is 1. The highest BCUT2D eigenvalue weighted by atomic mass is 16.5.